The van der Waals surface area contributed by atoms with Crippen molar-refractivity contribution in [1.82, 2.24) is 8.75 Å². The maximum absolute atomic E-state index is 12.1. The van der Waals surface area contributed by atoms with E-state index in [1.54, 1.807) is 20.8 Å². The van der Waals surface area contributed by atoms with Gasteiger partial charge in [-0.1, -0.05) is 20.8 Å². The molecule has 5 nitrogen and oxygen atoms in total. The van der Waals surface area contributed by atoms with E-state index in [-0.39, 0.29) is 5.69 Å². The number of aromatic nitrogens is 2. The Labute approximate surface area is 100 Å². The van der Waals surface area contributed by atoms with Crippen LogP contribution < -0.4 is 4.18 Å². The molecule has 0 unspecified atom stereocenters. The van der Waals surface area contributed by atoms with Crippen LogP contribution in [0.4, 0.5) is 13.2 Å². The molecule has 10 heteroatoms. The van der Waals surface area contributed by atoms with Crippen molar-refractivity contribution >= 4 is 21.8 Å². The Bertz CT molecular complexity index is 501. The van der Waals surface area contributed by atoms with Crippen LogP contribution in [-0.2, 0) is 15.5 Å². The van der Waals surface area contributed by atoms with Crippen LogP contribution in [0.5, 0.6) is 5.88 Å². The Morgan fingerprint density at radius 3 is 2.12 bits per heavy atom. The highest BCUT2D eigenvalue weighted by atomic mass is 32.2. The largest absolute Gasteiger partial charge is 0.534 e. The van der Waals surface area contributed by atoms with Crippen molar-refractivity contribution in [3.63, 3.8) is 0 Å². The van der Waals surface area contributed by atoms with Crippen molar-refractivity contribution in [2.45, 2.75) is 31.7 Å². The van der Waals surface area contributed by atoms with E-state index in [2.05, 4.69) is 12.9 Å². The van der Waals surface area contributed by atoms with E-state index in [0.717, 1.165) is 0 Å². The smallest absolute Gasteiger partial charge is 0.352 e. The van der Waals surface area contributed by atoms with Gasteiger partial charge in [0.15, 0.2) is 0 Å². The van der Waals surface area contributed by atoms with E-state index in [0.29, 0.717) is 11.7 Å². The predicted molar refractivity (Wildman–Crippen MR) is 54.2 cm³/mol. The Morgan fingerprint density at radius 2 is 1.71 bits per heavy atom. The Hall–Kier alpha value is -0.900. The molecule has 17 heavy (non-hydrogen) atoms. The van der Waals surface area contributed by atoms with Crippen LogP contribution in [0.3, 0.4) is 0 Å². The van der Waals surface area contributed by atoms with Crippen molar-refractivity contribution in [2.75, 3.05) is 0 Å². The van der Waals surface area contributed by atoms with Crippen LogP contribution >= 0.6 is 11.7 Å². The van der Waals surface area contributed by atoms with Crippen molar-refractivity contribution in [3.05, 3.63) is 5.69 Å². The monoisotopic (exact) mass is 290 g/mol. The molecule has 0 fully saturated rings. The standard InChI is InChI=1S/C7H9F3N2O3S2/c1-6(2,3)4-5(12-16-11-4)15-17(13,14)7(8,9)10/h1-3H3. The highest BCUT2D eigenvalue weighted by Gasteiger charge is 2.49. The molecule has 1 aromatic rings. The lowest BCUT2D eigenvalue weighted by Crippen LogP contribution is -2.29. The van der Waals surface area contributed by atoms with Crippen LogP contribution in [-0.4, -0.2) is 22.7 Å². The zero-order valence-corrected chi connectivity index (χ0v) is 10.7. The van der Waals surface area contributed by atoms with Crippen LogP contribution in [0, 0.1) is 0 Å². The Balaban J connectivity index is 3.11. The molecule has 1 heterocycles. The summed E-state index contributed by atoms with van der Waals surface area (Å²) in [6, 6.07) is 0. The fourth-order valence-electron chi connectivity index (χ4n) is 0.844. The molecule has 1 rings (SSSR count). The van der Waals surface area contributed by atoms with Crippen LogP contribution in [0.2, 0.25) is 0 Å². The van der Waals surface area contributed by atoms with Crippen molar-refractivity contribution in [2.24, 2.45) is 0 Å². The molecule has 0 saturated heterocycles. The minimum absolute atomic E-state index is 0.0651. The summed E-state index contributed by atoms with van der Waals surface area (Å²) >= 11 is 0.588. The summed E-state index contributed by atoms with van der Waals surface area (Å²) in [6.45, 7) is 4.95. The SMILES string of the molecule is CC(C)(C)c1nsnc1OS(=O)(=O)C(F)(F)F. The highest BCUT2D eigenvalue weighted by Crippen LogP contribution is 2.33. The molecule has 0 aliphatic carbocycles. The second-order valence-corrected chi connectivity index (χ2v) is 6.22. The number of hydrogen-bond acceptors (Lipinski definition) is 6. The van der Waals surface area contributed by atoms with Gasteiger partial charge >= 0.3 is 15.6 Å². The third-order valence-electron chi connectivity index (χ3n) is 1.64. The van der Waals surface area contributed by atoms with E-state index in [1.807, 2.05) is 0 Å². The van der Waals surface area contributed by atoms with Crippen LogP contribution in [0.1, 0.15) is 26.5 Å². The number of alkyl halides is 3. The lowest BCUT2D eigenvalue weighted by atomic mass is 9.93. The first-order valence-corrected chi connectivity index (χ1v) is 6.43. The first-order valence-electron chi connectivity index (χ1n) is 4.29. The molecule has 0 atom stereocenters. The summed E-state index contributed by atoms with van der Waals surface area (Å²) in [7, 11) is -5.70. The summed E-state index contributed by atoms with van der Waals surface area (Å²) in [5.41, 5.74) is -6.08. The van der Waals surface area contributed by atoms with Gasteiger partial charge in [0.1, 0.15) is 5.69 Å². The fraction of sp³-hybridized carbons (Fsp3) is 0.714. The van der Waals surface area contributed by atoms with Gasteiger partial charge in [0.05, 0.1) is 11.7 Å². The molecule has 0 aliphatic heterocycles. The van der Waals surface area contributed by atoms with Gasteiger partial charge in [-0.25, -0.2) is 0 Å². The number of halogens is 3. The maximum atomic E-state index is 12.1. The van der Waals surface area contributed by atoms with Crippen molar-refractivity contribution in [3.8, 4) is 5.88 Å². The van der Waals surface area contributed by atoms with Gasteiger partial charge in [0.25, 0.3) is 5.88 Å². The average molecular weight is 290 g/mol. The van der Waals surface area contributed by atoms with Gasteiger partial charge in [-0.15, -0.1) is 4.37 Å². The van der Waals surface area contributed by atoms with Gasteiger partial charge in [-0.2, -0.15) is 26.0 Å². The lowest BCUT2D eigenvalue weighted by molar-refractivity contribution is -0.0501. The fourth-order valence-corrected chi connectivity index (χ4v) is 1.98. The van der Waals surface area contributed by atoms with Crippen molar-refractivity contribution < 1.29 is 25.8 Å². The minimum atomic E-state index is -5.70. The summed E-state index contributed by atoms with van der Waals surface area (Å²) in [5, 5.41) is 0. The molecule has 0 aromatic carbocycles. The highest BCUT2D eigenvalue weighted by molar-refractivity contribution is 7.88. The molecular weight excluding hydrogens is 281 g/mol. The van der Waals surface area contributed by atoms with Crippen LogP contribution in [0.15, 0.2) is 0 Å². The Morgan fingerprint density at radius 1 is 1.18 bits per heavy atom. The first kappa shape index (κ1) is 14.2. The van der Waals surface area contributed by atoms with E-state index < -0.39 is 26.9 Å². The van der Waals surface area contributed by atoms with Gasteiger partial charge in [0, 0.05) is 5.41 Å². The molecular formula is C7H9F3N2O3S2. The zero-order valence-electron chi connectivity index (χ0n) is 9.07. The number of rotatable bonds is 2. The van der Waals surface area contributed by atoms with E-state index >= 15 is 0 Å². The maximum Gasteiger partial charge on any atom is 0.534 e. The molecule has 0 radical (unpaired) electrons. The quantitative estimate of drug-likeness (QED) is 0.616. The summed E-state index contributed by atoms with van der Waals surface area (Å²) < 4.78 is 68.9. The third-order valence-corrected chi connectivity index (χ3v) is 3.10. The van der Waals surface area contributed by atoms with E-state index in [1.165, 1.54) is 0 Å². The summed E-state index contributed by atoms with van der Waals surface area (Å²) in [5.74, 6) is -0.625. The second-order valence-electron chi connectivity index (χ2n) is 4.15. The van der Waals surface area contributed by atoms with E-state index in [4.69, 9.17) is 0 Å². The normalized spacial score (nSPS) is 13.8. The number of nitrogens with zero attached hydrogens (tertiary/aromatic N) is 2. The average Bonchev–Trinajstić information content (AvgIpc) is 2.47. The molecule has 0 amide bonds. The number of hydrogen-bond donors (Lipinski definition) is 0. The third kappa shape index (κ3) is 3.06. The van der Waals surface area contributed by atoms with Gasteiger partial charge in [-0.05, 0) is 0 Å². The predicted octanol–water partition coefficient (Wildman–Crippen LogP) is 2.06. The Kier molecular flexibility index (Phi) is 3.41. The molecule has 0 spiro atoms. The minimum Gasteiger partial charge on any atom is -0.352 e. The molecule has 1 aromatic heterocycles. The van der Waals surface area contributed by atoms with Gasteiger partial charge < -0.3 is 4.18 Å². The molecule has 0 saturated carbocycles. The molecule has 0 bridgehead atoms. The van der Waals surface area contributed by atoms with Crippen LogP contribution in [0.25, 0.3) is 0 Å². The topological polar surface area (TPSA) is 69.2 Å². The van der Waals surface area contributed by atoms with Crippen molar-refractivity contribution in [1.29, 1.82) is 0 Å². The lowest BCUT2D eigenvalue weighted by Gasteiger charge is -2.16. The first-order chi connectivity index (χ1) is 7.45. The summed E-state index contributed by atoms with van der Waals surface area (Å²) in [4.78, 5) is 0. The molecule has 0 aliphatic rings. The zero-order chi connectivity index (χ0) is 13.5. The second kappa shape index (κ2) is 4.09. The molecule has 0 N–H and O–H groups in total. The van der Waals surface area contributed by atoms with Gasteiger partial charge in [0.2, 0.25) is 0 Å². The van der Waals surface area contributed by atoms with Gasteiger partial charge in [-0.3, -0.25) is 0 Å². The summed E-state index contributed by atoms with van der Waals surface area (Å²) in [6.07, 6.45) is 0. The molecule has 98 valence electrons. The van der Waals surface area contributed by atoms with E-state index in [9.17, 15) is 21.6 Å².